The normalized spacial score (nSPS) is 19.3. The fourth-order valence-electron chi connectivity index (χ4n) is 6.82. The van der Waals surface area contributed by atoms with Crippen LogP contribution in [0.4, 0.5) is 10.2 Å². The summed E-state index contributed by atoms with van der Waals surface area (Å²) in [7, 11) is -3.95. The van der Waals surface area contributed by atoms with E-state index in [1.165, 1.54) is 23.4 Å². The van der Waals surface area contributed by atoms with Gasteiger partial charge in [-0.05, 0) is 37.1 Å². The van der Waals surface area contributed by atoms with E-state index in [2.05, 4.69) is 35.4 Å². The monoisotopic (exact) mass is 700 g/mol. The van der Waals surface area contributed by atoms with Crippen molar-refractivity contribution in [2.24, 2.45) is 0 Å². The van der Waals surface area contributed by atoms with Crippen molar-refractivity contribution in [3.63, 3.8) is 0 Å². The summed E-state index contributed by atoms with van der Waals surface area (Å²) < 4.78 is 51.2. The third-order valence-electron chi connectivity index (χ3n) is 9.41. The van der Waals surface area contributed by atoms with Crippen LogP contribution in [-0.4, -0.2) is 79.1 Å². The fourth-order valence-corrected chi connectivity index (χ4v) is 8.12. The number of anilines is 1. The molecule has 6 aromatic rings. The van der Waals surface area contributed by atoms with Gasteiger partial charge < -0.3 is 15.0 Å². The van der Waals surface area contributed by atoms with Gasteiger partial charge in [0.1, 0.15) is 34.9 Å². The number of fused-ring (bicyclic) bond motifs is 4. The number of aromatic nitrogens is 8. The molecule has 6 heterocycles. The van der Waals surface area contributed by atoms with Gasteiger partial charge in [-0.15, -0.1) is 9.19 Å². The average molecular weight is 701 g/mol. The molecule has 2 aromatic carbocycles. The van der Waals surface area contributed by atoms with Crippen LogP contribution in [0.25, 0.3) is 32.9 Å². The molecule has 1 N–H and O–H groups in total. The van der Waals surface area contributed by atoms with Gasteiger partial charge >= 0.3 is 6.01 Å². The molecule has 3 fully saturated rings. The summed E-state index contributed by atoms with van der Waals surface area (Å²) >= 11 is 6.59. The SMILES string of the molecule is O=S(=O)(c1cnn(CCOc2nc(N3CC4CCC(C3)N4)c3cnc(-c4cccc5cccc(Cl)c45)c(F)c3n2)c1)n1cnc(C2CC2)n1. The molecule has 9 rings (SSSR count). The standard InChI is InChI=1S/C33H30ClFN10O3S/c34-26-6-2-4-19-3-1-5-24(27(19)26)29-28(35)30-25(14-36-29)32(43-15-21-9-10-22(16-43)39-21)41-33(40-30)48-12-11-44-17-23(13-38-44)49(46,47)45-18-37-31(42-45)20-7-8-20/h1-6,13-14,17-18,20-22,39H,7-12,15-16H2. The molecule has 3 aliphatic rings. The van der Waals surface area contributed by atoms with Crippen molar-refractivity contribution < 1.29 is 17.5 Å². The molecule has 0 radical (unpaired) electrons. The number of nitrogens with one attached hydrogen (secondary N) is 1. The highest BCUT2D eigenvalue weighted by Crippen LogP contribution is 2.39. The lowest BCUT2D eigenvalue weighted by Crippen LogP contribution is -2.51. The zero-order chi connectivity index (χ0) is 33.3. The molecule has 2 unspecified atom stereocenters. The Labute approximate surface area is 285 Å². The number of benzene rings is 2. The molecule has 0 amide bonds. The summed E-state index contributed by atoms with van der Waals surface area (Å²) in [5.41, 5.74) is 0.777. The van der Waals surface area contributed by atoms with Gasteiger partial charge in [-0.25, -0.2) is 9.37 Å². The second-order valence-corrected chi connectivity index (χ2v) is 14.9. The minimum atomic E-state index is -3.95. The molecule has 13 nitrogen and oxygen atoms in total. The Balaban J connectivity index is 1.03. The largest absolute Gasteiger partial charge is 0.461 e. The van der Waals surface area contributed by atoms with E-state index in [0.717, 1.165) is 35.2 Å². The lowest BCUT2D eigenvalue weighted by Gasteiger charge is -2.34. The maximum atomic E-state index is 16.6. The van der Waals surface area contributed by atoms with E-state index in [1.807, 2.05) is 24.3 Å². The second kappa shape index (κ2) is 11.7. The number of hydrogen-bond acceptors (Lipinski definition) is 11. The third kappa shape index (κ3) is 5.45. The van der Waals surface area contributed by atoms with Crippen LogP contribution in [0, 0.1) is 5.82 Å². The van der Waals surface area contributed by atoms with Crippen molar-refractivity contribution in [1.82, 2.24) is 44.2 Å². The van der Waals surface area contributed by atoms with Gasteiger partial charge in [0, 0.05) is 59.5 Å². The summed E-state index contributed by atoms with van der Waals surface area (Å²) in [5.74, 6) is 0.714. The molecule has 2 saturated heterocycles. The van der Waals surface area contributed by atoms with Crippen LogP contribution in [0.3, 0.4) is 0 Å². The summed E-state index contributed by atoms with van der Waals surface area (Å²) in [6.45, 7) is 1.66. The first-order valence-electron chi connectivity index (χ1n) is 16.2. The van der Waals surface area contributed by atoms with Crippen molar-refractivity contribution >= 4 is 49.1 Å². The van der Waals surface area contributed by atoms with E-state index in [4.69, 9.17) is 21.3 Å². The van der Waals surface area contributed by atoms with Gasteiger partial charge in [0.15, 0.2) is 11.6 Å². The highest BCUT2D eigenvalue weighted by molar-refractivity contribution is 7.89. The van der Waals surface area contributed by atoms with Gasteiger partial charge in [-0.3, -0.25) is 9.67 Å². The lowest BCUT2D eigenvalue weighted by atomic mass is 10.0. The number of pyridine rings is 1. The molecular formula is C33H30ClFN10O3S. The number of rotatable bonds is 9. The predicted octanol–water partition coefficient (Wildman–Crippen LogP) is 4.56. The fraction of sp³-hybridized carbons (Fsp3) is 0.333. The molecule has 1 saturated carbocycles. The Bertz CT molecular complexity index is 2340. The summed E-state index contributed by atoms with van der Waals surface area (Å²) in [6, 6.07) is 11.7. The summed E-state index contributed by atoms with van der Waals surface area (Å²) in [5, 5.41) is 14.5. The first-order chi connectivity index (χ1) is 23.8. The molecule has 250 valence electrons. The number of halogens is 2. The van der Waals surface area contributed by atoms with Crippen molar-refractivity contribution in [2.45, 2.75) is 55.1 Å². The molecule has 2 aliphatic heterocycles. The van der Waals surface area contributed by atoms with Crippen LogP contribution >= 0.6 is 11.6 Å². The lowest BCUT2D eigenvalue weighted by molar-refractivity contribution is 0.270. The highest BCUT2D eigenvalue weighted by Gasteiger charge is 2.34. The summed E-state index contributed by atoms with van der Waals surface area (Å²) in [6.07, 6.45) is 9.57. The average Bonchev–Trinajstić information content (AvgIpc) is 3.45. The van der Waals surface area contributed by atoms with Crippen LogP contribution in [-0.2, 0) is 16.6 Å². The Morgan fingerprint density at radius 1 is 1.00 bits per heavy atom. The molecule has 1 aliphatic carbocycles. The first kappa shape index (κ1) is 30.3. The van der Waals surface area contributed by atoms with Gasteiger partial charge in [-0.1, -0.05) is 41.9 Å². The van der Waals surface area contributed by atoms with Crippen LogP contribution in [0.5, 0.6) is 6.01 Å². The third-order valence-corrected chi connectivity index (χ3v) is 11.2. The molecule has 4 aromatic heterocycles. The molecule has 49 heavy (non-hydrogen) atoms. The van der Waals surface area contributed by atoms with Crippen molar-refractivity contribution in [2.75, 3.05) is 24.6 Å². The summed E-state index contributed by atoms with van der Waals surface area (Å²) in [4.78, 5) is 20.2. The Morgan fingerprint density at radius 3 is 2.59 bits per heavy atom. The van der Waals surface area contributed by atoms with Crippen LogP contribution in [0.2, 0.25) is 5.02 Å². The first-order valence-corrected chi connectivity index (χ1v) is 18.0. The van der Waals surface area contributed by atoms with Gasteiger partial charge in [0.25, 0.3) is 10.0 Å². The quantitative estimate of drug-likeness (QED) is 0.227. The van der Waals surface area contributed by atoms with E-state index >= 15 is 4.39 Å². The van der Waals surface area contributed by atoms with E-state index in [1.54, 1.807) is 18.3 Å². The molecule has 2 bridgehead atoms. The zero-order valence-corrected chi connectivity index (χ0v) is 27.6. The van der Waals surface area contributed by atoms with Gasteiger partial charge in [-0.2, -0.15) is 23.5 Å². The van der Waals surface area contributed by atoms with Crippen molar-refractivity contribution in [1.29, 1.82) is 0 Å². The minimum Gasteiger partial charge on any atom is -0.461 e. The number of nitrogens with zero attached hydrogens (tertiary/aromatic N) is 9. The zero-order valence-electron chi connectivity index (χ0n) is 26.1. The maximum Gasteiger partial charge on any atom is 0.319 e. The molecule has 2 atom stereocenters. The smallest absolute Gasteiger partial charge is 0.319 e. The second-order valence-electron chi connectivity index (χ2n) is 12.7. The Hall–Kier alpha value is -4.73. The molecule has 16 heteroatoms. The number of piperazine rings is 1. The van der Waals surface area contributed by atoms with Gasteiger partial charge in [0.05, 0.1) is 18.1 Å². The van der Waals surface area contributed by atoms with E-state index in [9.17, 15) is 8.42 Å². The van der Waals surface area contributed by atoms with Gasteiger partial charge in [0.2, 0.25) is 0 Å². The van der Waals surface area contributed by atoms with E-state index in [0.29, 0.717) is 58.2 Å². The maximum absolute atomic E-state index is 16.6. The Morgan fingerprint density at radius 2 is 1.80 bits per heavy atom. The highest BCUT2D eigenvalue weighted by atomic mass is 35.5. The van der Waals surface area contributed by atoms with E-state index < -0.39 is 15.8 Å². The number of hydrogen-bond donors (Lipinski definition) is 1. The van der Waals surface area contributed by atoms with Crippen molar-refractivity contribution in [3.8, 4) is 17.3 Å². The van der Waals surface area contributed by atoms with Crippen LogP contribution in [0.1, 0.15) is 37.4 Å². The molecular weight excluding hydrogens is 671 g/mol. The molecule has 0 spiro atoms. The minimum absolute atomic E-state index is 0.00407. The van der Waals surface area contributed by atoms with Crippen molar-refractivity contribution in [3.05, 3.63) is 78.0 Å². The topological polar surface area (TPSA) is 146 Å². The Kier molecular flexibility index (Phi) is 7.25. The van der Waals surface area contributed by atoms with Crippen LogP contribution in [0.15, 0.2) is 66.2 Å². The predicted molar refractivity (Wildman–Crippen MR) is 180 cm³/mol. The number of ether oxygens (including phenoxy) is 1. The van der Waals surface area contributed by atoms with E-state index in [-0.39, 0.29) is 41.2 Å². The van der Waals surface area contributed by atoms with Crippen LogP contribution < -0.4 is 15.0 Å².